The molecule has 6 nitrogen and oxygen atoms in total. The van der Waals surface area contributed by atoms with Crippen LogP contribution in [0.1, 0.15) is 12.5 Å². The van der Waals surface area contributed by atoms with Gasteiger partial charge in [-0.05, 0) is 42.8 Å². The van der Waals surface area contributed by atoms with E-state index in [1.165, 1.54) is 12.1 Å². The molecule has 0 fully saturated rings. The maximum absolute atomic E-state index is 11.5. The molecule has 1 aromatic heterocycles. The van der Waals surface area contributed by atoms with Gasteiger partial charge in [0.05, 0.1) is 23.0 Å². The number of thioether (sulfide) groups is 1. The molecule has 0 saturated carbocycles. The largest absolute Gasteiger partial charge is 0.497 e. The van der Waals surface area contributed by atoms with Crippen molar-refractivity contribution < 1.29 is 13.2 Å². The monoisotopic (exact) mass is 377 g/mol. The molecule has 0 atom stereocenters. The van der Waals surface area contributed by atoms with E-state index in [2.05, 4.69) is 9.55 Å². The maximum Gasteiger partial charge on any atom is 0.238 e. The van der Waals surface area contributed by atoms with Crippen LogP contribution in [-0.2, 0) is 22.3 Å². The van der Waals surface area contributed by atoms with Crippen molar-refractivity contribution in [1.29, 1.82) is 0 Å². The number of aryl methyl sites for hydroxylation is 1. The number of imidazole rings is 1. The summed E-state index contributed by atoms with van der Waals surface area (Å²) in [5.74, 6) is 1.58. The highest BCUT2D eigenvalue weighted by Gasteiger charge is 2.14. The molecule has 0 aliphatic rings. The molecular weight excluding hydrogens is 358 g/mol. The molecule has 0 unspecified atom stereocenters. The van der Waals surface area contributed by atoms with Crippen LogP contribution in [0.25, 0.3) is 11.0 Å². The second-order valence-electron chi connectivity index (χ2n) is 5.47. The van der Waals surface area contributed by atoms with E-state index in [1.807, 2.05) is 31.2 Å². The van der Waals surface area contributed by atoms with Gasteiger partial charge >= 0.3 is 0 Å². The summed E-state index contributed by atoms with van der Waals surface area (Å²) in [6.45, 7) is 2.78. The Morgan fingerprint density at radius 1 is 1.20 bits per heavy atom. The zero-order chi connectivity index (χ0) is 18.0. The number of nitrogens with two attached hydrogens (primary N) is 1. The summed E-state index contributed by atoms with van der Waals surface area (Å²) in [4.78, 5) is 4.66. The Bertz CT molecular complexity index is 996. The number of benzene rings is 2. The van der Waals surface area contributed by atoms with E-state index >= 15 is 0 Å². The van der Waals surface area contributed by atoms with Crippen LogP contribution in [0.2, 0.25) is 0 Å². The molecule has 132 valence electrons. The van der Waals surface area contributed by atoms with Crippen LogP contribution in [0, 0.1) is 0 Å². The SMILES string of the molecule is CCn1c(SCc2ccc(OC)cc2)nc2cc(S(N)(=O)=O)ccc21. The molecule has 0 aliphatic carbocycles. The second kappa shape index (κ2) is 7.07. The number of aromatic nitrogens is 2. The number of hydrogen-bond acceptors (Lipinski definition) is 5. The van der Waals surface area contributed by atoms with Gasteiger partial charge in [0.25, 0.3) is 0 Å². The number of nitrogens with zero attached hydrogens (tertiary/aromatic N) is 2. The zero-order valence-corrected chi connectivity index (χ0v) is 15.6. The van der Waals surface area contributed by atoms with Gasteiger partial charge in [0.15, 0.2) is 5.16 Å². The molecule has 3 aromatic rings. The molecule has 0 spiro atoms. The average Bonchev–Trinajstić information content (AvgIpc) is 2.96. The minimum absolute atomic E-state index is 0.0763. The number of rotatable bonds is 6. The minimum atomic E-state index is -3.73. The third-order valence-electron chi connectivity index (χ3n) is 3.86. The molecule has 0 radical (unpaired) electrons. The van der Waals surface area contributed by atoms with E-state index in [0.717, 1.165) is 34.3 Å². The van der Waals surface area contributed by atoms with Crippen molar-refractivity contribution in [3.8, 4) is 5.75 Å². The Hall–Kier alpha value is -2.03. The van der Waals surface area contributed by atoms with Crippen LogP contribution in [0.5, 0.6) is 5.75 Å². The summed E-state index contributed by atoms with van der Waals surface area (Å²) >= 11 is 1.61. The molecular formula is C17H19N3O3S2. The van der Waals surface area contributed by atoms with E-state index in [4.69, 9.17) is 9.88 Å². The van der Waals surface area contributed by atoms with Gasteiger partial charge in [-0.25, -0.2) is 18.5 Å². The fourth-order valence-corrected chi connectivity index (χ4v) is 4.12. The van der Waals surface area contributed by atoms with E-state index in [9.17, 15) is 8.42 Å². The van der Waals surface area contributed by atoms with Crippen LogP contribution in [0.3, 0.4) is 0 Å². The zero-order valence-electron chi connectivity index (χ0n) is 14.0. The van der Waals surface area contributed by atoms with Crippen molar-refractivity contribution in [3.63, 3.8) is 0 Å². The summed E-state index contributed by atoms with van der Waals surface area (Å²) in [7, 11) is -2.09. The molecule has 0 saturated heterocycles. The van der Waals surface area contributed by atoms with Crippen molar-refractivity contribution in [2.45, 2.75) is 29.3 Å². The fraction of sp³-hybridized carbons (Fsp3) is 0.235. The van der Waals surface area contributed by atoms with Gasteiger partial charge in [-0.15, -0.1) is 0 Å². The van der Waals surface area contributed by atoms with Crippen LogP contribution < -0.4 is 9.88 Å². The summed E-state index contributed by atoms with van der Waals surface area (Å²) < 4.78 is 30.3. The predicted molar refractivity (Wildman–Crippen MR) is 99.3 cm³/mol. The van der Waals surface area contributed by atoms with Crippen molar-refractivity contribution in [2.75, 3.05) is 7.11 Å². The molecule has 2 N–H and O–H groups in total. The van der Waals surface area contributed by atoms with E-state index < -0.39 is 10.0 Å². The summed E-state index contributed by atoms with van der Waals surface area (Å²) in [6, 6.07) is 12.7. The fourth-order valence-electron chi connectivity index (χ4n) is 2.55. The number of fused-ring (bicyclic) bond motifs is 1. The Labute approximate surface area is 151 Å². The lowest BCUT2D eigenvalue weighted by Crippen LogP contribution is -2.11. The highest BCUT2D eigenvalue weighted by Crippen LogP contribution is 2.28. The summed E-state index contributed by atoms with van der Waals surface area (Å²) in [5.41, 5.74) is 2.68. The molecule has 0 amide bonds. The highest BCUT2D eigenvalue weighted by atomic mass is 32.2. The van der Waals surface area contributed by atoms with Crippen LogP contribution in [-0.4, -0.2) is 25.1 Å². The Kier molecular flexibility index (Phi) is 5.03. The van der Waals surface area contributed by atoms with Crippen molar-refractivity contribution in [2.24, 2.45) is 5.14 Å². The molecule has 1 heterocycles. The Morgan fingerprint density at radius 3 is 2.52 bits per heavy atom. The van der Waals surface area contributed by atoms with E-state index in [0.29, 0.717) is 5.52 Å². The average molecular weight is 377 g/mol. The number of hydrogen-bond donors (Lipinski definition) is 1. The lowest BCUT2D eigenvalue weighted by molar-refractivity contribution is 0.414. The number of primary sulfonamides is 1. The smallest absolute Gasteiger partial charge is 0.238 e. The minimum Gasteiger partial charge on any atom is -0.497 e. The number of ether oxygens (including phenoxy) is 1. The van der Waals surface area contributed by atoms with Gasteiger partial charge in [0.2, 0.25) is 10.0 Å². The lowest BCUT2D eigenvalue weighted by Gasteiger charge is -2.06. The molecule has 8 heteroatoms. The highest BCUT2D eigenvalue weighted by molar-refractivity contribution is 7.98. The number of sulfonamides is 1. The van der Waals surface area contributed by atoms with E-state index in [1.54, 1.807) is 24.9 Å². The topological polar surface area (TPSA) is 87.2 Å². The van der Waals surface area contributed by atoms with Crippen LogP contribution in [0.4, 0.5) is 0 Å². The molecule has 0 aliphatic heterocycles. The van der Waals surface area contributed by atoms with Crippen LogP contribution >= 0.6 is 11.8 Å². The van der Waals surface area contributed by atoms with Crippen molar-refractivity contribution in [1.82, 2.24) is 9.55 Å². The second-order valence-corrected chi connectivity index (χ2v) is 7.97. The van der Waals surface area contributed by atoms with Crippen molar-refractivity contribution in [3.05, 3.63) is 48.0 Å². The van der Waals surface area contributed by atoms with Gasteiger partial charge in [-0.1, -0.05) is 23.9 Å². The third-order valence-corrected chi connectivity index (χ3v) is 5.81. The third kappa shape index (κ3) is 3.81. The van der Waals surface area contributed by atoms with Gasteiger partial charge in [-0.3, -0.25) is 0 Å². The summed E-state index contributed by atoms with van der Waals surface area (Å²) in [6.07, 6.45) is 0. The first-order valence-corrected chi connectivity index (χ1v) is 10.2. The first-order valence-electron chi connectivity index (χ1n) is 7.71. The first kappa shape index (κ1) is 17.8. The molecule has 0 bridgehead atoms. The van der Waals surface area contributed by atoms with Gasteiger partial charge in [0.1, 0.15) is 5.75 Å². The summed E-state index contributed by atoms with van der Waals surface area (Å²) in [5, 5.41) is 6.05. The molecule has 2 aromatic carbocycles. The van der Waals surface area contributed by atoms with Crippen molar-refractivity contribution >= 4 is 32.8 Å². The first-order chi connectivity index (χ1) is 11.9. The maximum atomic E-state index is 11.5. The predicted octanol–water partition coefficient (Wildman–Crippen LogP) is 3.00. The normalized spacial score (nSPS) is 11.8. The standard InChI is InChI=1S/C17H19N3O3S2/c1-3-20-16-9-8-14(25(18,21)22)10-15(16)19-17(20)24-11-12-4-6-13(23-2)7-5-12/h4-10H,3,11H2,1-2H3,(H2,18,21,22). The van der Waals surface area contributed by atoms with E-state index in [-0.39, 0.29) is 4.90 Å². The Balaban J connectivity index is 1.89. The molecule has 25 heavy (non-hydrogen) atoms. The van der Waals surface area contributed by atoms with Gasteiger partial charge < -0.3 is 9.30 Å². The quantitative estimate of drug-likeness (QED) is 0.667. The van der Waals surface area contributed by atoms with Gasteiger partial charge in [-0.2, -0.15) is 0 Å². The number of methoxy groups -OCH3 is 1. The molecule has 3 rings (SSSR count). The van der Waals surface area contributed by atoms with Gasteiger partial charge in [0, 0.05) is 12.3 Å². The Morgan fingerprint density at radius 2 is 1.92 bits per heavy atom. The van der Waals surface area contributed by atoms with Crippen LogP contribution in [0.15, 0.2) is 52.5 Å². The lowest BCUT2D eigenvalue weighted by atomic mass is 10.2.